The molecular weight excluding hydrogens is 452 g/mol. The third-order valence-electron chi connectivity index (χ3n) is 5.84. The number of aromatic amines is 1. The van der Waals surface area contributed by atoms with Gasteiger partial charge >= 0.3 is 0 Å². The normalized spacial score (nSPS) is 11.5. The van der Waals surface area contributed by atoms with Crippen molar-refractivity contribution in [3.05, 3.63) is 72.9 Å². The number of hydrogen-bond acceptors (Lipinski definition) is 6. The van der Waals surface area contributed by atoms with Crippen LogP contribution in [0.25, 0.3) is 33.2 Å². The first-order chi connectivity index (χ1) is 17.4. The summed E-state index contributed by atoms with van der Waals surface area (Å²) in [6.07, 6.45) is 1.80. The molecule has 0 aliphatic carbocycles. The molecule has 0 unspecified atom stereocenters. The lowest BCUT2D eigenvalue weighted by molar-refractivity contribution is -0.119. The summed E-state index contributed by atoms with van der Waals surface area (Å²) >= 11 is 0. The summed E-state index contributed by atoms with van der Waals surface area (Å²) in [4.78, 5) is 21.0. The minimum absolute atomic E-state index is 0.0485. The summed E-state index contributed by atoms with van der Waals surface area (Å²) in [6.45, 7) is 6.62. The first kappa shape index (κ1) is 23.3. The van der Waals surface area contributed by atoms with E-state index in [0.717, 1.165) is 44.6 Å². The average Bonchev–Trinajstić information content (AvgIpc) is 3.35. The van der Waals surface area contributed by atoms with E-state index in [1.54, 1.807) is 6.20 Å². The zero-order valence-electron chi connectivity index (χ0n) is 20.5. The van der Waals surface area contributed by atoms with E-state index < -0.39 is 0 Å². The maximum atomic E-state index is 11.3. The van der Waals surface area contributed by atoms with Gasteiger partial charge in [0.15, 0.2) is 5.82 Å². The SMILES string of the molecule is CC(=O)NCC(C)(C)COc1cccc(-c2nc(Nc3ccc4[nH]ncc4c3)c3ccccc3n2)c1. The van der Waals surface area contributed by atoms with E-state index in [1.165, 1.54) is 6.92 Å². The van der Waals surface area contributed by atoms with Crippen LogP contribution in [0, 0.1) is 5.41 Å². The van der Waals surface area contributed by atoms with Gasteiger partial charge in [-0.25, -0.2) is 9.97 Å². The van der Waals surface area contributed by atoms with E-state index in [2.05, 4.69) is 34.7 Å². The summed E-state index contributed by atoms with van der Waals surface area (Å²) < 4.78 is 6.08. The number of benzene rings is 3. The second kappa shape index (κ2) is 9.65. The molecule has 3 N–H and O–H groups in total. The van der Waals surface area contributed by atoms with E-state index in [1.807, 2.05) is 66.7 Å². The summed E-state index contributed by atoms with van der Waals surface area (Å²) in [5.74, 6) is 2.00. The maximum absolute atomic E-state index is 11.3. The fraction of sp³-hybridized carbons (Fsp3) is 0.214. The van der Waals surface area contributed by atoms with Gasteiger partial charge in [-0.3, -0.25) is 9.89 Å². The van der Waals surface area contributed by atoms with Crippen LogP contribution < -0.4 is 15.4 Å². The van der Waals surface area contributed by atoms with Crippen LogP contribution in [0.3, 0.4) is 0 Å². The average molecular weight is 481 g/mol. The molecule has 8 heteroatoms. The molecule has 5 rings (SSSR count). The molecule has 2 heterocycles. The van der Waals surface area contributed by atoms with Crippen LogP contribution in [0.1, 0.15) is 20.8 Å². The molecule has 0 saturated heterocycles. The second-order valence-corrected chi connectivity index (χ2v) is 9.60. The van der Waals surface area contributed by atoms with E-state index in [9.17, 15) is 4.79 Å². The van der Waals surface area contributed by atoms with Crippen molar-refractivity contribution in [2.24, 2.45) is 5.41 Å². The number of carbonyl (C=O) groups is 1. The molecule has 8 nitrogen and oxygen atoms in total. The Morgan fingerprint density at radius 2 is 1.89 bits per heavy atom. The Balaban J connectivity index is 1.43. The van der Waals surface area contributed by atoms with Gasteiger partial charge in [0.1, 0.15) is 11.6 Å². The molecule has 0 atom stereocenters. The van der Waals surface area contributed by atoms with E-state index >= 15 is 0 Å². The van der Waals surface area contributed by atoms with Crippen LogP contribution in [0.15, 0.2) is 72.9 Å². The summed E-state index contributed by atoms with van der Waals surface area (Å²) in [7, 11) is 0. The molecule has 0 radical (unpaired) electrons. The molecule has 1 amide bonds. The quantitative estimate of drug-likeness (QED) is 0.272. The number of ether oxygens (including phenoxy) is 1. The molecule has 0 bridgehead atoms. The number of carbonyl (C=O) groups excluding carboxylic acids is 1. The molecule has 0 aliphatic rings. The summed E-state index contributed by atoms with van der Waals surface area (Å²) in [6, 6.07) is 21.7. The number of anilines is 2. The summed E-state index contributed by atoms with van der Waals surface area (Å²) in [5, 5.41) is 15.3. The van der Waals surface area contributed by atoms with Crippen molar-refractivity contribution in [3.8, 4) is 17.1 Å². The second-order valence-electron chi connectivity index (χ2n) is 9.60. The number of rotatable bonds is 8. The molecule has 2 aromatic heterocycles. The minimum Gasteiger partial charge on any atom is -0.493 e. The van der Waals surface area contributed by atoms with Crippen LogP contribution in [-0.2, 0) is 4.79 Å². The lowest BCUT2D eigenvalue weighted by atomic mass is 9.95. The number of H-pyrrole nitrogens is 1. The smallest absolute Gasteiger partial charge is 0.216 e. The van der Waals surface area contributed by atoms with Crippen molar-refractivity contribution in [1.82, 2.24) is 25.5 Å². The largest absolute Gasteiger partial charge is 0.493 e. The number of fused-ring (bicyclic) bond motifs is 2. The molecular formula is C28H28N6O2. The number of amides is 1. The Morgan fingerprint density at radius 3 is 2.75 bits per heavy atom. The highest BCUT2D eigenvalue weighted by molar-refractivity contribution is 5.93. The van der Waals surface area contributed by atoms with Gasteiger partial charge in [-0.2, -0.15) is 5.10 Å². The van der Waals surface area contributed by atoms with Crippen molar-refractivity contribution >= 4 is 39.2 Å². The zero-order chi connectivity index (χ0) is 25.1. The van der Waals surface area contributed by atoms with Crippen LogP contribution in [0.4, 0.5) is 11.5 Å². The van der Waals surface area contributed by atoms with Crippen LogP contribution in [0.2, 0.25) is 0 Å². The van der Waals surface area contributed by atoms with Crippen molar-refractivity contribution in [2.45, 2.75) is 20.8 Å². The Kier molecular flexibility index (Phi) is 6.25. The fourth-order valence-electron chi connectivity index (χ4n) is 3.88. The topological polar surface area (TPSA) is 105 Å². The van der Waals surface area contributed by atoms with Crippen LogP contribution >= 0.6 is 0 Å². The third-order valence-corrected chi connectivity index (χ3v) is 5.84. The van der Waals surface area contributed by atoms with Crippen LogP contribution in [-0.4, -0.2) is 39.2 Å². The lowest BCUT2D eigenvalue weighted by Gasteiger charge is -2.25. The molecule has 36 heavy (non-hydrogen) atoms. The van der Waals surface area contributed by atoms with Crippen molar-refractivity contribution in [1.29, 1.82) is 0 Å². The van der Waals surface area contributed by atoms with Crippen LogP contribution in [0.5, 0.6) is 5.75 Å². The predicted octanol–water partition coefficient (Wildman–Crippen LogP) is 5.46. The number of aromatic nitrogens is 4. The highest BCUT2D eigenvalue weighted by atomic mass is 16.5. The number of nitrogens with zero attached hydrogens (tertiary/aromatic N) is 3. The standard InChI is InChI=1S/C28H28N6O2/c1-18(35)29-16-28(2,3)17-36-22-8-6-7-19(14-22)26-32-25-10-5-4-9-23(25)27(33-26)31-21-11-12-24-20(13-21)15-30-34-24/h4-15H,16-17H2,1-3H3,(H,29,35)(H,30,34)(H,31,32,33). The Hall–Kier alpha value is -4.46. The van der Waals surface area contributed by atoms with Crippen molar-refractivity contribution in [3.63, 3.8) is 0 Å². The third kappa shape index (κ3) is 5.27. The van der Waals surface area contributed by atoms with Gasteiger partial charge in [-0.05, 0) is 42.5 Å². The molecule has 182 valence electrons. The summed E-state index contributed by atoms with van der Waals surface area (Å²) in [5.41, 5.74) is 3.38. The Labute approximate surface area is 209 Å². The zero-order valence-corrected chi connectivity index (χ0v) is 20.5. The number of hydrogen-bond donors (Lipinski definition) is 3. The van der Waals surface area contributed by atoms with E-state index in [-0.39, 0.29) is 11.3 Å². The monoisotopic (exact) mass is 480 g/mol. The lowest BCUT2D eigenvalue weighted by Crippen LogP contribution is -2.36. The number of para-hydroxylation sites is 1. The van der Waals surface area contributed by atoms with Gasteiger partial charge in [0.2, 0.25) is 5.91 Å². The highest BCUT2D eigenvalue weighted by Crippen LogP contribution is 2.30. The Morgan fingerprint density at radius 1 is 1.03 bits per heavy atom. The van der Waals surface area contributed by atoms with E-state index in [0.29, 0.717) is 19.0 Å². The van der Waals surface area contributed by atoms with Gasteiger partial charge in [0.05, 0.1) is 23.8 Å². The molecule has 0 saturated carbocycles. The highest BCUT2D eigenvalue weighted by Gasteiger charge is 2.20. The minimum atomic E-state index is -0.214. The first-order valence-corrected chi connectivity index (χ1v) is 11.8. The van der Waals surface area contributed by atoms with Gasteiger partial charge < -0.3 is 15.4 Å². The molecule has 5 aromatic rings. The van der Waals surface area contributed by atoms with Gasteiger partial charge in [-0.15, -0.1) is 0 Å². The first-order valence-electron chi connectivity index (χ1n) is 11.8. The van der Waals surface area contributed by atoms with Crippen molar-refractivity contribution < 1.29 is 9.53 Å². The van der Waals surface area contributed by atoms with Crippen molar-refractivity contribution in [2.75, 3.05) is 18.5 Å². The fourth-order valence-corrected chi connectivity index (χ4v) is 3.88. The molecule has 0 fully saturated rings. The Bertz CT molecular complexity index is 1540. The molecule has 0 spiro atoms. The number of nitrogens with one attached hydrogen (secondary N) is 3. The van der Waals surface area contributed by atoms with Gasteiger partial charge in [0.25, 0.3) is 0 Å². The molecule has 3 aromatic carbocycles. The van der Waals surface area contributed by atoms with Gasteiger partial charge in [-0.1, -0.05) is 38.1 Å². The maximum Gasteiger partial charge on any atom is 0.216 e. The van der Waals surface area contributed by atoms with E-state index in [4.69, 9.17) is 14.7 Å². The van der Waals surface area contributed by atoms with Gasteiger partial charge in [0, 0.05) is 40.9 Å². The molecule has 0 aliphatic heterocycles. The predicted molar refractivity (Wildman–Crippen MR) is 142 cm³/mol.